The minimum Gasteiger partial charge on any atom is -0.493 e. The number of methoxy groups -OCH3 is 3. The van der Waals surface area contributed by atoms with Gasteiger partial charge in [0.05, 0.1) is 31.8 Å². The Bertz CT molecular complexity index is 1080. The summed E-state index contributed by atoms with van der Waals surface area (Å²) in [5, 5.41) is 2.94. The van der Waals surface area contributed by atoms with Crippen LogP contribution in [0.2, 0.25) is 0 Å². The maximum absolute atomic E-state index is 12.8. The van der Waals surface area contributed by atoms with Crippen LogP contribution in [0, 0.1) is 0 Å². The highest BCUT2D eigenvalue weighted by Gasteiger charge is 2.34. The number of nitrogens with one attached hydrogen (secondary N) is 1. The van der Waals surface area contributed by atoms with Gasteiger partial charge in [0.2, 0.25) is 5.75 Å². The van der Waals surface area contributed by atoms with Gasteiger partial charge in [-0.3, -0.25) is 19.3 Å². The predicted molar refractivity (Wildman–Crippen MR) is 127 cm³/mol. The molecule has 1 aromatic heterocycles. The minimum absolute atomic E-state index is 0.0534. The molecule has 1 aliphatic rings. The molecule has 2 aromatic rings. The van der Waals surface area contributed by atoms with Gasteiger partial charge in [0.1, 0.15) is 5.03 Å². The molecule has 0 spiro atoms. The molecule has 174 valence electrons. The van der Waals surface area contributed by atoms with Crippen LogP contribution in [0.5, 0.6) is 17.2 Å². The number of imide groups is 1. The summed E-state index contributed by atoms with van der Waals surface area (Å²) in [4.78, 5) is 43.2. The molecule has 0 bridgehead atoms. The summed E-state index contributed by atoms with van der Waals surface area (Å²) in [5.41, 5.74) is 1.06. The second kappa shape index (κ2) is 11.1. The van der Waals surface area contributed by atoms with Gasteiger partial charge in [0.25, 0.3) is 17.1 Å². The van der Waals surface area contributed by atoms with Crippen molar-refractivity contribution in [3.63, 3.8) is 0 Å². The highest BCUT2D eigenvalue weighted by Crippen LogP contribution is 2.40. The van der Waals surface area contributed by atoms with E-state index in [1.165, 1.54) is 33.1 Å². The van der Waals surface area contributed by atoms with E-state index in [2.05, 4.69) is 10.3 Å². The number of benzene rings is 1. The van der Waals surface area contributed by atoms with Crippen molar-refractivity contribution in [2.45, 2.75) is 5.03 Å². The normalized spacial score (nSPS) is 14.5. The monoisotopic (exact) mass is 489 g/mol. The van der Waals surface area contributed by atoms with Gasteiger partial charge >= 0.3 is 0 Å². The standard InChI is InChI=1S/C22H23N3O6S2/c1-29-15-10-13(11-16(30-2)18(15)31-3)12-17-21(27)25(22(28)33-17)9-8-23-19(26)14-6-5-7-24-20(14)32-4/h5-7,10-12H,8-9H2,1-4H3,(H,23,26). The van der Waals surface area contributed by atoms with Crippen molar-refractivity contribution in [1.29, 1.82) is 0 Å². The number of hydrogen-bond acceptors (Lipinski definition) is 9. The molecule has 0 atom stereocenters. The molecule has 3 amide bonds. The number of hydrogen-bond donors (Lipinski definition) is 1. The smallest absolute Gasteiger partial charge is 0.293 e. The van der Waals surface area contributed by atoms with Crippen LogP contribution in [0.1, 0.15) is 15.9 Å². The Kier molecular flexibility index (Phi) is 8.23. The van der Waals surface area contributed by atoms with Crippen LogP contribution in [0.15, 0.2) is 40.4 Å². The van der Waals surface area contributed by atoms with Gasteiger partial charge in [-0.15, -0.1) is 11.8 Å². The van der Waals surface area contributed by atoms with E-state index in [-0.39, 0.29) is 23.9 Å². The third-order valence-electron chi connectivity index (χ3n) is 4.69. The lowest BCUT2D eigenvalue weighted by molar-refractivity contribution is -0.122. The van der Waals surface area contributed by atoms with Crippen LogP contribution in [0.3, 0.4) is 0 Å². The van der Waals surface area contributed by atoms with E-state index in [0.717, 1.165) is 16.7 Å². The molecule has 11 heteroatoms. The largest absolute Gasteiger partial charge is 0.493 e. The van der Waals surface area contributed by atoms with Gasteiger partial charge in [0.15, 0.2) is 11.5 Å². The van der Waals surface area contributed by atoms with Crippen LogP contribution in [0.25, 0.3) is 6.08 Å². The molecular weight excluding hydrogens is 466 g/mol. The number of aromatic nitrogens is 1. The number of amides is 3. The summed E-state index contributed by atoms with van der Waals surface area (Å²) in [7, 11) is 4.49. The van der Waals surface area contributed by atoms with Gasteiger partial charge < -0.3 is 19.5 Å². The summed E-state index contributed by atoms with van der Waals surface area (Å²) in [6.07, 6.45) is 5.04. The van der Waals surface area contributed by atoms with Crippen LogP contribution in [0.4, 0.5) is 4.79 Å². The average Bonchev–Trinajstić information content (AvgIpc) is 3.10. The zero-order valence-electron chi connectivity index (χ0n) is 18.5. The number of nitrogens with zero attached hydrogens (tertiary/aromatic N) is 2. The van der Waals surface area contributed by atoms with E-state index >= 15 is 0 Å². The minimum atomic E-state index is -0.431. The maximum atomic E-state index is 12.8. The molecule has 2 heterocycles. The lowest BCUT2D eigenvalue weighted by atomic mass is 10.1. The highest BCUT2D eigenvalue weighted by atomic mass is 32.2. The topological polar surface area (TPSA) is 107 Å². The van der Waals surface area contributed by atoms with E-state index in [9.17, 15) is 14.4 Å². The first-order chi connectivity index (χ1) is 15.9. The summed E-state index contributed by atoms with van der Waals surface area (Å²) in [6.45, 7) is 0.176. The van der Waals surface area contributed by atoms with Crippen molar-refractivity contribution in [3.8, 4) is 17.2 Å². The molecule has 0 unspecified atom stereocenters. The van der Waals surface area contributed by atoms with Gasteiger partial charge in [-0.25, -0.2) is 4.98 Å². The number of thioether (sulfide) groups is 2. The summed E-state index contributed by atoms with van der Waals surface area (Å²) < 4.78 is 16.0. The summed E-state index contributed by atoms with van der Waals surface area (Å²) >= 11 is 2.20. The SMILES string of the molecule is COc1cc(C=C2SC(=O)N(CCNC(=O)c3cccnc3SC)C2=O)cc(OC)c1OC. The first-order valence-electron chi connectivity index (χ1n) is 9.76. The molecule has 1 aromatic carbocycles. The third kappa shape index (κ3) is 5.42. The van der Waals surface area contributed by atoms with E-state index in [4.69, 9.17) is 14.2 Å². The molecule has 0 aliphatic carbocycles. The molecule has 33 heavy (non-hydrogen) atoms. The average molecular weight is 490 g/mol. The Hall–Kier alpha value is -3.18. The Balaban J connectivity index is 1.69. The zero-order chi connectivity index (χ0) is 24.0. The van der Waals surface area contributed by atoms with Gasteiger partial charge in [0, 0.05) is 19.3 Å². The van der Waals surface area contributed by atoms with Crippen LogP contribution in [-0.2, 0) is 4.79 Å². The van der Waals surface area contributed by atoms with Gasteiger partial charge in [-0.1, -0.05) is 0 Å². The number of rotatable bonds is 9. The Morgan fingerprint density at radius 2 is 1.88 bits per heavy atom. The van der Waals surface area contributed by atoms with Crippen molar-refractivity contribution in [2.75, 3.05) is 40.7 Å². The van der Waals surface area contributed by atoms with E-state index in [1.807, 2.05) is 6.26 Å². The first kappa shape index (κ1) is 24.5. The third-order valence-corrected chi connectivity index (χ3v) is 6.31. The number of carbonyl (C=O) groups excluding carboxylic acids is 3. The number of ether oxygens (including phenoxy) is 3. The van der Waals surface area contributed by atoms with Crippen molar-refractivity contribution >= 4 is 46.7 Å². The van der Waals surface area contributed by atoms with Crippen molar-refractivity contribution in [1.82, 2.24) is 15.2 Å². The molecule has 1 N–H and O–H groups in total. The lowest BCUT2D eigenvalue weighted by Gasteiger charge is -2.14. The fourth-order valence-corrected chi connectivity index (χ4v) is 4.54. The summed E-state index contributed by atoms with van der Waals surface area (Å²) in [5.74, 6) is 0.556. The Morgan fingerprint density at radius 1 is 1.18 bits per heavy atom. The predicted octanol–water partition coefficient (Wildman–Crippen LogP) is 3.30. The summed E-state index contributed by atoms with van der Waals surface area (Å²) in [6, 6.07) is 6.73. The highest BCUT2D eigenvalue weighted by molar-refractivity contribution is 8.18. The van der Waals surface area contributed by atoms with Crippen LogP contribution >= 0.6 is 23.5 Å². The molecular formula is C22H23N3O6S2. The van der Waals surface area contributed by atoms with Crippen molar-refractivity contribution in [3.05, 3.63) is 46.5 Å². The van der Waals surface area contributed by atoms with Crippen molar-refractivity contribution < 1.29 is 28.6 Å². The molecule has 1 aliphatic heterocycles. The molecule has 3 rings (SSSR count). The Morgan fingerprint density at radius 3 is 2.48 bits per heavy atom. The Labute approximate surface area is 199 Å². The molecule has 1 saturated heterocycles. The second-order valence-corrected chi connectivity index (χ2v) is 8.40. The van der Waals surface area contributed by atoms with Gasteiger partial charge in [-0.2, -0.15) is 0 Å². The lowest BCUT2D eigenvalue weighted by Crippen LogP contribution is -2.37. The number of carbonyl (C=O) groups is 3. The molecule has 9 nitrogen and oxygen atoms in total. The van der Waals surface area contributed by atoms with Crippen LogP contribution < -0.4 is 19.5 Å². The zero-order valence-corrected chi connectivity index (χ0v) is 20.2. The fourth-order valence-electron chi connectivity index (χ4n) is 3.13. The van der Waals surface area contributed by atoms with E-state index < -0.39 is 11.1 Å². The quantitative estimate of drug-likeness (QED) is 0.419. The molecule has 1 fully saturated rings. The fraction of sp³-hybridized carbons (Fsp3) is 0.273. The number of pyridine rings is 1. The second-order valence-electron chi connectivity index (χ2n) is 6.61. The maximum Gasteiger partial charge on any atom is 0.293 e. The van der Waals surface area contributed by atoms with E-state index in [1.54, 1.807) is 36.5 Å². The van der Waals surface area contributed by atoms with Crippen molar-refractivity contribution in [2.24, 2.45) is 0 Å². The van der Waals surface area contributed by atoms with Gasteiger partial charge in [-0.05, 0) is 53.9 Å². The molecule has 0 saturated carbocycles. The molecule has 0 radical (unpaired) electrons. The van der Waals surface area contributed by atoms with E-state index in [0.29, 0.717) is 33.4 Å². The first-order valence-corrected chi connectivity index (χ1v) is 11.8. The van der Waals surface area contributed by atoms with Crippen LogP contribution in [-0.4, -0.2) is 67.6 Å².